The van der Waals surface area contributed by atoms with E-state index in [0.29, 0.717) is 13.1 Å². The number of carbonyl (C=O) groups is 1. The molecule has 1 aromatic carbocycles. The van der Waals surface area contributed by atoms with Gasteiger partial charge in [-0.15, -0.1) is 0 Å². The first-order chi connectivity index (χ1) is 11.4. The predicted octanol–water partition coefficient (Wildman–Crippen LogP) is 3.30. The zero-order valence-electron chi connectivity index (χ0n) is 13.6. The fourth-order valence-corrected chi connectivity index (χ4v) is 2.53. The summed E-state index contributed by atoms with van der Waals surface area (Å²) in [6, 6.07) is 8.01. The van der Waals surface area contributed by atoms with Gasteiger partial charge in [-0.05, 0) is 18.9 Å². The molecule has 0 fully saturated rings. The summed E-state index contributed by atoms with van der Waals surface area (Å²) >= 11 is 11.6. The van der Waals surface area contributed by atoms with Gasteiger partial charge >= 0.3 is 0 Å². The summed E-state index contributed by atoms with van der Waals surface area (Å²) in [6.45, 7) is 4.94. The highest BCUT2D eigenvalue weighted by molar-refractivity contribution is 6.41. The lowest BCUT2D eigenvalue weighted by molar-refractivity contribution is -0.132. The van der Waals surface area contributed by atoms with E-state index in [0.717, 1.165) is 16.7 Å². The third kappa shape index (κ3) is 4.58. The van der Waals surface area contributed by atoms with E-state index in [2.05, 4.69) is 5.10 Å². The van der Waals surface area contributed by atoms with Crippen LogP contribution in [-0.2, 0) is 17.9 Å². The fraction of sp³-hybridized carbons (Fsp3) is 0.353. The van der Waals surface area contributed by atoms with E-state index in [-0.39, 0.29) is 22.5 Å². The third-order valence-corrected chi connectivity index (χ3v) is 4.32. The Morgan fingerprint density at radius 1 is 1.25 bits per heavy atom. The van der Waals surface area contributed by atoms with Crippen LogP contribution in [0.3, 0.4) is 0 Å². The largest absolute Gasteiger partial charge is 0.337 e. The minimum absolute atomic E-state index is 0.0791. The van der Waals surface area contributed by atoms with Crippen molar-refractivity contribution in [1.82, 2.24) is 14.7 Å². The molecule has 1 aromatic heterocycles. The lowest BCUT2D eigenvalue weighted by Gasteiger charge is -2.22. The van der Waals surface area contributed by atoms with Crippen molar-refractivity contribution in [3.63, 3.8) is 0 Å². The first-order valence-corrected chi connectivity index (χ1v) is 8.42. The molecule has 0 aliphatic carbocycles. The zero-order valence-corrected chi connectivity index (χ0v) is 15.1. The minimum Gasteiger partial charge on any atom is -0.337 e. The third-order valence-electron chi connectivity index (χ3n) is 3.57. The van der Waals surface area contributed by atoms with Gasteiger partial charge in [-0.3, -0.25) is 9.59 Å². The molecule has 0 N–H and O–H groups in total. The number of rotatable bonds is 6. The van der Waals surface area contributed by atoms with Gasteiger partial charge in [-0.2, -0.15) is 5.10 Å². The number of benzene rings is 1. The summed E-state index contributed by atoms with van der Waals surface area (Å²) in [4.78, 5) is 26.3. The molecule has 0 aliphatic heterocycles. The number of aryl methyl sites for hydroxylation is 1. The molecule has 0 radical (unpaired) electrons. The number of hydrogen-bond donors (Lipinski definition) is 0. The monoisotopic (exact) mass is 367 g/mol. The SMILES string of the molecule is CCCN(Cc1ccc(C)cc1)C(=O)Cn1ncc(Cl)c(Cl)c1=O. The molecule has 0 saturated heterocycles. The van der Waals surface area contributed by atoms with Crippen molar-refractivity contribution in [3.8, 4) is 0 Å². The van der Waals surface area contributed by atoms with Gasteiger partial charge in [0.2, 0.25) is 5.91 Å². The van der Waals surface area contributed by atoms with Crippen LogP contribution in [-0.4, -0.2) is 27.1 Å². The van der Waals surface area contributed by atoms with E-state index in [1.165, 1.54) is 11.8 Å². The Bertz CT molecular complexity index is 772. The molecular weight excluding hydrogens is 349 g/mol. The van der Waals surface area contributed by atoms with Crippen molar-refractivity contribution in [1.29, 1.82) is 0 Å². The Balaban J connectivity index is 2.16. The molecule has 0 saturated carbocycles. The molecule has 2 aromatic rings. The number of halogens is 2. The maximum absolute atomic E-state index is 12.6. The Morgan fingerprint density at radius 3 is 2.54 bits per heavy atom. The van der Waals surface area contributed by atoms with E-state index in [1.54, 1.807) is 4.90 Å². The maximum Gasteiger partial charge on any atom is 0.287 e. The van der Waals surface area contributed by atoms with E-state index in [4.69, 9.17) is 23.2 Å². The molecule has 0 spiro atoms. The van der Waals surface area contributed by atoms with Gasteiger partial charge in [0, 0.05) is 13.1 Å². The minimum atomic E-state index is -0.565. The van der Waals surface area contributed by atoms with E-state index >= 15 is 0 Å². The highest BCUT2D eigenvalue weighted by Gasteiger charge is 2.16. The first kappa shape index (κ1) is 18.5. The lowest BCUT2D eigenvalue weighted by atomic mass is 10.1. The highest BCUT2D eigenvalue weighted by Crippen LogP contribution is 2.14. The highest BCUT2D eigenvalue weighted by atomic mass is 35.5. The van der Waals surface area contributed by atoms with Crippen molar-refractivity contribution < 1.29 is 4.79 Å². The summed E-state index contributed by atoms with van der Waals surface area (Å²) in [5.41, 5.74) is 1.64. The zero-order chi connectivity index (χ0) is 17.7. The maximum atomic E-state index is 12.6. The summed E-state index contributed by atoms with van der Waals surface area (Å²) < 4.78 is 1.04. The molecule has 0 unspecified atom stereocenters. The number of carbonyl (C=O) groups excluding carboxylic acids is 1. The lowest BCUT2D eigenvalue weighted by Crippen LogP contribution is -2.37. The van der Waals surface area contributed by atoms with E-state index in [1.807, 2.05) is 38.1 Å². The molecule has 0 aliphatic rings. The van der Waals surface area contributed by atoms with Crippen molar-refractivity contribution >= 4 is 29.1 Å². The van der Waals surface area contributed by atoms with Crippen molar-refractivity contribution in [3.05, 3.63) is 62.0 Å². The fourth-order valence-electron chi connectivity index (χ4n) is 2.26. The van der Waals surface area contributed by atoms with Gasteiger partial charge < -0.3 is 4.90 Å². The first-order valence-electron chi connectivity index (χ1n) is 7.66. The van der Waals surface area contributed by atoms with Crippen LogP contribution in [0.1, 0.15) is 24.5 Å². The molecule has 128 valence electrons. The molecule has 1 heterocycles. The van der Waals surface area contributed by atoms with Gasteiger partial charge in [0.1, 0.15) is 11.6 Å². The molecule has 24 heavy (non-hydrogen) atoms. The van der Waals surface area contributed by atoms with Crippen LogP contribution in [0.25, 0.3) is 0 Å². The van der Waals surface area contributed by atoms with Crippen LogP contribution in [0.5, 0.6) is 0 Å². The van der Waals surface area contributed by atoms with Gasteiger partial charge in [0.25, 0.3) is 5.56 Å². The smallest absolute Gasteiger partial charge is 0.287 e. The van der Waals surface area contributed by atoms with E-state index < -0.39 is 5.56 Å². The van der Waals surface area contributed by atoms with Crippen LogP contribution < -0.4 is 5.56 Å². The second-order valence-electron chi connectivity index (χ2n) is 5.57. The summed E-state index contributed by atoms with van der Waals surface area (Å²) in [6.07, 6.45) is 2.09. The standard InChI is InChI=1S/C17H19Cl2N3O2/c1-3-8-21(10-13-6-4-12(2)5-7-13)15(23)11-22-17(24)16(19)14(18)9-20-22/h4-7,9H,3,8,10-11H2,1-2H3. The number of amides is 1. The second-order valence-corrected chi connectivity index (χ2v) is 6.36. The Labute approximate surface area is 150 Å². The van der Waals surface area contributed by atoms with Gasteiger partial charge in [0.15, 0.2) is 0 Å². The Hall–Kier alpha value is -1.85. The molecular formula is C17H19Cl2N3O2. The Morgan fingerprint density at radius 2 is 1.92 bits per heavy atom. The van der Waals surface area contributed by atoms with E-state index in [9.17, 15) is 9.59 Å². The number of hydrogen-bond acceptors (Lipinski definition) is 3. The summed E-state index contributed by atoms with van der Waals surface area (Å²) in [7, 11) is 0. The number of nitrogens with zero attached hydrogens (tertiary/aromatic N) is 3. The summed E-state index contributed by atoms with van der Waals surface area (Å²) in [5, 5.41) is 3.83. The second kappa shape index (κ2) is 8.31. The average molecular weight is 368 g/mol. The van der Waals surface area contributed by atoms with Gasteiger partial charge in [0.05, 0.1) is 11.2 Å². The van der Waals surface area contributed by atoms with Gasteiger partial charge in [-0.1, -0.05) is 60.0 Å². The Kier molecular flexibility index (Phi) is 6.40. The van der Waals surface area contributed by atoms with Crippen LogP contribution in [0.2, 0.25) is 10.0 Å². The molecule has 1 amide bonds. The average Bonchev–Trinajstić information content (AvgIpc) is 2.57. The molecule has 7 heteroatoms. The summed E-state index contributed by atoms with van der Waals surface area (Å²) in [5.74, 6) is -0.189. The quantitative estimate of drug-likeness (QED) is 0.786. The topological polar surface area (TPSA) is 55.2 Å². The van der Waals surface area contributed by atoms with Gasteiger partial charge in [-0.25, -0.2) is 4.68 Å². The number of aromatic nitrogens is 2. The van der Waals surface area contributed by atoms with Crippen LogP contribution in [0.4, 0.5) is 0 Å². The van der Waals surface area contributed by atoms with Crippen molar-refractivity contribution in [2.45, 2.75) is 33.4 Å². The van der Waals surface area contributed by atoms with Crippen molar-refractivity contribution in [2.24, 2.45) is 0 Å². The molecule has 2 rings (SSSR count). The van der Waals surface area contributed by atoms with Crippen LogP contribution in [0, 0.1) is 6.92 Å². The molecule has 0 bridgehead atoms. The van der Waals surface area contributed by atoms with Crippen molar-refractivity contribution in [2.75, 3.05) is 6.54 Å². The molecule has 5 nitrogen and oxygen atoms in total. The predicted molar refractivity (Wildman–Crippen MR) is 95.4 cm³/mol. The van der Waals surface area contributed by atoms with Crippen LogP contribution in [0.15, 0.2) is 35.3 Å². The molecule has 0 atom stereocenters. The normalized spacial score (nSPS) is 10.7. The van der Waals surface area contributed by atoms with Crippen LogP contribution >= 0.6 is 23.2 Å².